The molecule has 1 aromatic carbocycles. The molecule has 0 atom stereocenters. The maximum atomic E-state index is 3.44. The van der Waals surface area contributed by atoms with E-state index < -0.39 is 0 Å². The van der Waals surface area contributed by atoms with Gasteiger partial charge in [0.05, 0.1) is 0 Å². The van der Waals surface area contributed by atoms with Gasteiger partial charge in [-0.1, -0.05) is 29.3 Å². The molecule has 0 amide bonds. The van der Waals surface area contributed by atoms with Crippen molar-refractivity contribution < 1.29 is 0 Å². The molecule has 0 saturated heterocycles. The van der Waals surface area contributed by atoms with Gasteiger partial charge in [0.1, 0.15) is 0 Å². The van der Waals surface area contributed by atoms with E-state index in [1.165, 1.54) is 17.7 Å². The highest BCUT2D eigenvalue weighted by Crippen LogP contribution is 2.19. The molecule has 0 fully saturated rings. The van der Waals surface area contributed by atoms with Crippen molar-refractivity contribution in [3.05, 3.63) is 28.7 Å². The summed E-state index contributed by atoms with van der Waals surface area (Å²) < 4.78 is 1.15. The fourth-order valence-electron chi connectivity index (χ4n) is 1.20. The molecule has 0 saturated carbocycles. The van der Waals surface area contributed by atoms with Gasteiger partial charge >= 0.3 is 0 Å². The van der Waals surface area contributed by atoms with Gasteiger partial charge in [-0.2, -0.15) is 0 Å². The zero-order valence-electron chi connectivity index (χ0n) is 9.13. The maximum absolute atomic E-state index is 3.44. The largest absolute Gasteiger partial charge is 0.316 e. The molecule has 0 bridgehead atoms. The molecule has 0 aliphatic heterocycles. The normalized spacial score (nSPS) is 10.5. The second-order valence-corrected chi connectivity index (χ2v) is 5.49. The SMILES string of the molecule is CCCCNCCSc1ccc(Br)cc1. The van der Waals surface area contributed by atoms with Gasteiger partial charge < -0.3 is 5.32 Å². The van der Waals surface area contributed by atoms with Crippen molar-refractivity contribution in [2.24, 2.45) is 0 Å². The molecule has 1 rings (SSSR count). The van der Waals surface area contributed by atoms with Crippen LogP contribution in [0, 0.1) is 0 Å². The van der Waals surface area contributed by atoms with Gasteiger partial charge in [0.25, 0.3) is 0 Å². The zero-order valence-corrected chi connectivity index (χ0v) is 11.5. The summed E-state index contributed by atoms with van der Waals surface area (Å²) in [5.74, 6) is 1.14. The van der Waals surface area contributed by atoms with Crippen LogP contribution in [0.5, 0.6) is 0 Å². The van der Waals surface area contributed by atoms with Crippen LogP contribution in [0.3, 0.4) is 0 Å². The van der Waals surface area contributed by atoms with Crippen LogP contribution in [0.25, 0.3) is 0 Å². The molecular weight excluding hydrogens is 270 g/mol. The molecule has 0 aromatic heterocycles. The minimum absolute atomic E-state index is 1.10. The Morgan fingerprint density at radius 3 is 2.60 bits per heavy atom. The van der Waals surface area contributed by atoms with Crippen molar-refractivity contribution in [2.45, 2.75) is 24.7 Å². The van der Waals surface area contributed by atoms with Crippen molar-refractivity contribution in [3.63, 3.8) is 0 Å². The van der Waals surface area contributed by atoms with Crippen LogP contribution in [0.1, 0.15) is 19.8 Å². The first-order chi connectivity index (χ1) is 7.33. The number of rotatable bonds is 7. The summed E-state index contributed by atoms with van der Waals surface area (Å²) in [6.45, 7) is 4.47. The second kappa shape index (κ2) is 8.20. The summed E-state index contributed by atoms with van der Waals surface area (Å²) in [5.41, 5.74) is 0. The van der Waals surface area contributed by atoms with Crippen LogP contribution in [0.15, 0.2) is 33.6 Å². The first kappa shape index (κ1) is 13.1. The Morgan fingerprint density at radius 1 is 1.20 bits per heavy atom. The average molecular weight is 288 g/mol. The van der Waals surface area contributed by atoms with Crippen molar-refractivity contribution in [2.75, 3.05) is 18.8 Å². The number of thioether (sulfide) groups is 1. The lowest BCUT2D eigenvalue weighted by atomic mass is 10.3. The molecule has 1 nitrogen and oxygen atoms in total. The third-order valence-electron chi connectivity index (χ3n) is 2.07. The van der Waals surface area contributed by atoms with Crippen LogP contribution in [-0.2, 0) is 0 Å². The van der Waals surface area contributed by atoms with Gasteiger partial charge in [-0.3, -0.25) is 0 Å². The number of nitrogens with one attached hydrogen (secondary N) is 1. The maximum Gasteiger partial charge on any atom is 0.0176 e. The Balaban J connectivity index is 2.07. The van der Waals surface area contributed by atoms with Crippen molar-refractivity contribution in [1.29, 1.82) is 0 Å². The lowest BCUT2D eigenvalue weighted by Gasteiger charge is -2.03. The van der Waals surface area contributed by atoms with E-state index in [0.29, 0.717) is 0 Å². The highest BCUT2D eigenvalue weighted by atomic mass is 79.9. The fourth-order valence-corrected chi connectivity index (χ4v) is 2.27. The third-order valence-corrected chi connectivity index (χ3v) is 3.61. The van der Waals surface area contributed by atoms with Gasteiger partial charge in [-0.15, -0.1) is 11.8 Å². The van der Waals surface area contributed by atoms with E-state index in [0.717, 1.165) is 23.3 Å². The number of benzene rings is 1. The standard InChI is InChI=1S/C12H18BrNS/c1-2-3-8-14-9-10-15-12-6-4-11(13)5-7-12/h4-7,14H,2-3,8-10H2,1H3. The van der Waals surface area contributed by atoms with Gasteiger partial charge in [-0.05, 0) is 37.2 Å². The van der Waals surface area contributed by atoms with Crippen LogP contribution < -0.4 is 5.32 Å². The molecule has 3 heteroatoms. The number of hydrogen-bond donors (Lipinski definition) is 1. The van der Waals surface area contributed by atoms with Gasteiger partial charge in [0.15, 0.2) is 0 Å². The van der Waals surface area contributed by atoms with E-state index in [1.807, 2.05) is 11.8 Å². The van der Waals surface area contributed by atoms with Crippen molar-refractivity contribution in [3.8, 4) is 0 Å². The number of hydrogen-bond acceptors (Lipinski definition) is 2. The monoisotopic (exact) mass is 287 g/mol. The Bertz CT molecular complexity index is 261. The summed E-state index contributed by atoms with van der Waals surface area (Å²) in [7, 11) is 0. The van der Waals surface area contributed by atoms with Gasteiger partial charge in [-0.25, -0.2) is 0 Å². The lowest BCUT2D eigenvalue weighted by molar-refractivity contribution is 0.666. The lowest BCUT2D eigenvalue weighted by Crippen LogP contribution is -2.18. The first-order valence-electron chi connectivity index (χ1n) is 5.42. The smallest absolute Gasteiger partial charge is 0.0176 e. The molecule has 0 aliphatic carbocycles. The molecule has 84 valence electrons. The molecule has 1 aromatic rings. The van der Waals surface area contributed by atoms with E-state index in [9.17, 15) is 0 Å². The zero-order chi connectivity index (χ0) is 10.9. The quantitative estimate of drug-likeness (QED) is 0.602. The Labute approximate surface area is 105 Å². The topological polar surface area (TPSA) is 12.0 Å². The Hall–Kier alpha value is 0.01000. The van der Waals surface area contributed by atoms with Crippen LogP contribution >= 0.6 is 27.7 Å². The molecule has 15 heavy (non-hydrogen) atoms. The summed E-state index contributed by atoms with van der Waals surface area (Å²) >= 11 is 5.34. The minimum atomic E-state index is 1.10. The van der Waals surface area contributed by atoms with Crippen molar-refractivity contribution >= 4 is 27.7 Å². The highest BCUT2D eigenvalue weighted by molar-refractivity contribution is 9.10. The molecule has 1 N–H and O–H groups in total. The molecule has 0 unspecified atom stereocenters. The predicted molar refractivity (Wildman–Crippen MR) is 72.6 cm³/mol. The molecular formula is C12H18BrNS. The summed E-state index contributed by atoms with van der Waals surface area (Å²) in [4.78, 5) is 1.34. The third kappa shape index (κ3) is 6.23. The van der Waals surface area contributed by atoms with Crippen LogP contribution in [0.4, 0.5) is 0 Å². The van der Waals surface area contributed by atoms with E-state index in [1.54, 1.807) is 0 Å². The number of halogens is 1. The van der Waals surface area contributed by atoms with Crippen molar-refractivity contribution in [1.82, 2.24) is 5.32 Å². The van der Waals surface area contributed by atoms with E-state index in [2.05, 4.69) is 52.4 Å². The van der Waals surface area contributed by atoms with Gasteiger partial charge in [0, 0.05) is 21.7 Å². The second-order valence-electron chi connectivity index (χ2n) is 3.41. The van der Waals surface area contributed by atoms with Gasteiger partial charge in [0.2, 0.25) is 0 Å². The molecule has 0 heterocycles. The average Bonchev–Trinajstić information content (AvgIpc) is 2.26. The molecule has 0 radical (unpaired) electrons. The summed E-state index contributed by atoms with van der Waals surface area (Å²) in [6.07, 6.45) is 2.55. The summed E-state index contributed by atoms with van der Waals surface area (Å²) in [6, 6.07) is 8.49. The molecule has 0 spiro atoms. The number of unbranched alkanes of at least 4 members (excludes halogenated alkanes) is 1. The Morgan fingerprint density at radius 2 is 1.93 bits per heavy atom. The minimum Gasteiger partial charge on any atom is -0.316 e. The molecule has 0 aliphatic rings. The van der Waals surface area contributed by atoms with Crippen LogP contribution in [0.2, 0.25) is 0 Å². The predicted octanol–water partition coefficient (Wildman–Crippen LogP) is 3.93. The van der Waals surface area contributed by atoms with E-state index in [-0.39, 0.29) is 0 Å². The van der Waals surface area contributed by atoms with E-state index >= 15 is 0 Å². The van der Waals surface area contributed by atoms with Crippen LogP contribution in [-0.4, -0.2) is 18.8 Å². The van der Waals surface area contributed by atoms with E-state index in [4.69, 9.17) is 0 Å². The highest BCUT2D eigenvalue weighted by Gasteiger charge is 1.93. The summed E-state index contributed by atoms with van der Waals surface area (Å²) in [5, 5.41) is 3.44. The fraction of sp³-hybridized carbons (Fsp3) is 0.500. The first-order valence-corrected chi connectivity index (χ1v) is 7.20. The Kier molecular flexibility index (Phi) is 7.14.